The van der Waals surface area contributed by atoms with Crippen LogP contribution in [0.3, 0.4) is 0 Å². The van der Waals surface area contributed by atoms with Gasteiger partial charge in [-0.25, -0.2) is 14.4 Å². The molecule has 19 heavy (non-hydrogen) atoms. The topological polar surface area (TPSA) is 66.9 Å². The quantitative estimate of drug-likeness (QED) is 0.910. The highest BCUT2D eigenvalue weighted by molar-refractivity contribution is 9.10. The van der Waals surface area contributed by atoms with Crippen molar-refractivity contribution in [2.75, 3.05) is 17.7 Å². The van der Waals surface area contributed by atoms with Gasteiger partial charge >= 0.3 is 0 Å². The second-order valence-corrected chi connectivity index (χ2v) is 4.53. The zero-order valence-electron chi connectivity index (χ0n) is 9.95. The number of hydrogen-bond acceptors (Lipinski definition) is 4. The Labute approximate surface area is 117 Å². The summed E-state index contributed by atoms with van der Waals surface area (Å²) >= 11 is 3.21. The van der Waals surface area contributed by atoms with Crippen molar-refractivity contribution in [1.29, 1.82) is 0 Å². The molecule has 2 aromatic rings. The number of halogens is 2. The first-order chi connectivity index (χ1) is 9.10. The minimum absolute atomic E-state index is 0.0823. The molecule has 1 aromatic carbocycles. The smallest absolute Gasteiger partial charge is 0.275 e. The van der Waals surface area contributed by atoms with E-state index in [0.717, 1.165) is 0 Å². The summed E-state index contributed by atoms with van der Waals surface area (Å²) in [5, 5.41) is 5.23. The van der Waals surface area contributed by atoms with Crippen molar-refractivity contribution < 1.29 is 9.18 Å². The van der Waals surface area contributed by atoms with E-state index in [4.69, 9.17) is 0 Å². The number of hydrogen-bond donors (Lipinski definition) is 2. The van der Waals surface area contributed by atoms with Gasteiger partial charge in [-0.3, -0.25) is 4.79 Å². The molecule has 0 bridgehead atoms. The molecule has 0 unspecified atom stereocenters. The lowest BCUT2D eigenvalue weighted by Gasteiger charge is -2.06. The Kier molecular flexibility index (Phi) is 4.06. The van der Waals surface area contributed by atoms with Crippen LogP contribution in [0.1, 0.15) is 10.5 Å². The van der Waals surface area contributed by atoms with Crippen LogP contribution in [-0.4, -0.2) is 22.9 Å². The first-order valence-electron chi connectivity index (χ1n) is 5.36. The van der Waals surface area contributed by atoms with E-state index in [1.54, 1.807) is 13.1 Å². The van der Waals surface area contributed by atoms with Crippen LogP contribution in [0.5, 0.6) is 0 Å². The van der Waals surface area contributed by atoms with E-state index in [-0.39, 0.29) is 11.4 Å². The molecule has 0 aliphatic rings. The molecular weight excluding hydrogens is 315 g/mol. The van der Waals surface area contributed by atoms with Crippen molar-refractivity contribution in [3.05, 3.63) is 46.6 Å². The van der Waals surface area contributed by atoms with E-state index in [1.807, 2.05) is 0 Å². The monoisotopic (exact) mass is 324 g/mol. The lowest BCUT2D eigenvalue weighted by atomic mass is 10.3. The van der Waals surface area contributed by atoms with Gasteiger partial charge in [0.25, 0.3) is 5.91 Å². The van der Waals surface area contributed by atoms with Gasteiger partial charge in [-0.15, -0.1) is 0 Å². The number of nitrogens with zero attached hydrogens (tertiary/aromatic N) is 2. The van der Waals surface area contributed by atoms with Crippen molar-refractivity contribution in [3.8, 4) is 0 Å². The summed E-state index contributed by atoms with van der Waals surface area (Å²) < 4.78 is 14.2. The number of benzene rings is 1. The van der Waals surface area contributed by atoms with Crippen LogP contribution in [0.4, 0.5) is 15.9 Å². The number of rotatable bonds is 3. The van der Waals surface area contributed by atoms with Gasteiger partial charge in [0.05, 0.1) is 18.1 Å². The maximum atomic E-state index is 13.5. The maximum absolute atomic E-state index is 13.5. The molecule has 5 nitrogen and oxygen atoms in total. The van der Waals surface area contributed by atoms with Gasteiger partial charge in [-0.1, -0.05) is 15.9 Å². The lowest BCUT2D eigenvalue weighted by molar-refractivity contribution is 0.102. The summed E-state index contributed by atoms with van der Waals surface area (Å²) in [6.45, 7) is 0. The number of anilines is 2. The molecule has 0 fully saturated rings. The summed E-state index contributed by atoms with van der Waals surface area (Å²) in [5.41, 5.74) is 0.192. The highest BCUT2D eigenvalue weighted by Gasteiger charge is 2.11. The zero-order chi connectivity index (χ0) is 13.8. The molecule has 0 aliphatic heterocycles. The average Bonchev–Trinajstić information content (AvgIpc) is 2.43. The summed E-state index contributed by atoms with van der Waals surface area (Å²) in [6.07, 6.45) is 2.74. The van der Waals surface area contributed by atoms with E-state index < -0.39 is 11.7 Å². The van der Waals surface area contributed by atoms with Crippen LogP contribution in [-0.2, 0) is 0 Å². The summed E-state index contributed by atoms with van der Waals surface area (Å²) in [7, 11) is 1.70. The van der Waals surface area contributed by atoms with Gasteiger partial charge in [-0.2, -0.15) is 0 Å². The molecule has 0 saturated carbocycles. The van der Waals surface area contributed by atoms with Crippen molar-refractivity contribution in [2.45, 2.75) is 0 Å². The van der Waals surface area contributed by atoms with Crippen LogP contribution in [0.25, 0.3) is 0 Å². The third-order valence-electron chi connectivity index (χ3n) is 2.32. The van der Waals surface area contributed by atoms with Crippen molar-refractivity contribution in [3.63, 3.8) is 0 Å². The fourth-order valence-corrected chi connectivity index (χ4v) is 1.72. The first-order valence-corrected chi connectivity index (χ1v) is 6.15. The lowest BCUT2D eigenvalue weighted by Crippen LogP contribution is -2.15. The zero-order valence-corrected chi connectivity index (χ0v) is 11.5. The first kappa shape index (κ1) is 13.4. The molecule has 0 atom stereocenters. The standard InChI is InChI=1S/C12H10BrFN4O/c1-15-11-6-16-10(5-17-11)12(19)18-9-4-7(13)2-3-8(9)14/h2-6H,1H3,(H,15,17)(H,18,19). The number of aromatic nitrogens is 2. The minimum Gasteiger partial charge on any atom is -0.372 e. The van der Waals surface area contributed by atoms with Gasteiger partial charge in [0, 0.05) is 11.5 Å². The van der Waals surface area contributed by atoms with Gasteiger partial charge in [0.2, 0.25) is 0 Å². The van der Waals surface area contributed by atoms with Crippen LogP contribution in [0.15, 0.2) is 35.1 Å². The van der Waals surface area contributed by atoms with Gasteiger partial charge in [0.15, 0.2) is 0 Å². The fourth-order valence-electron chi connectivity index (χ4n) is 1.35. The molecule has 0 saturated heterocycles. The number of amides is 1. The van der Waals surface area contributed by atoms with Crippen molar-refractivity contribution in [2.24, 2.45) is 0 Å². The Morgan fingerprint density at radius 1 is 1.32 bits per heavy atom. The molecule has 1 aromatic heterocycles. The molecule has 7 heteroatoms. The van der Waals surface area contributed by atoms with E-state index in [2.05, 4.69) is 36.5 Å². The fraction of sp³-hybridized carbons (Fsp3) is 0.0833. The molecule has 0 aliphatic carbocycles. The maximum Gasteiger partial charge on any atom is 0.275 e. The van der Waals surface area contributed by atoms with Gasteiger partial charge < -0.3 is 10.6 Å². The van der Waals surface area contributed by atoms with Crippen LogP contribution < -0.4 is 10.6 Å². The van der Waals surface area contributed by atoms with Crippen LogP contribution in [0, 0.1) is 5.82 Å². The normalized spacial score (nSPS) is 10.1. The van der Waals surface area contributed by atoms with Crippen LogP contribution >= 0.6 is 15.9 Å². The highest BCUT2D eigenvalue weighted by atomic mass is 79.9. The predicted molar refractivity (Wildman–Crippen MR) is 73.6 cm³/mol. The molecule has 98 valence electrons. The summed E-state index contributed by atoms with van der Waals surface area (Å²) in [6, 6.07) is 4.28. The molecule has 1 amide bonds. The van der Waals surface area contributed by atoms with Gasteiger partial charge in [0.1, 0.15) is 17.3 Å². The number of carbonyl (C=O) groups excluding carboxylic acids is 1. The summed E-state index contributed by atoms with van der Waals surface area (Å²) in [5.74, 6) is -0.492. The van der Waals surface area contributed by atoms with Crippen molar-refractivity contribution in [1.82, 2.24) is 9.97 Å². The third-order valence-corrected chi connectivity index (χ3v) is 2.81. The van der Waals surface area contributed by atoms with Gasteiger partial charge in [-0.05, 0) is 18.2 Å². The SMILES string of the molecule is CNc1cnc(C(=O)Nc2cc(Br)ccc2F)cn1. The molecule has 0 radical (unpaired) electrons. The Morgan fingerprint density at radius 2 is 2.11 bits per heavy atom. The predicted octanol–water partition coefficient (Wildman–Crippen LogP) is 2.67. The number of nitrogens with one attached hydrogen (secondary N) is 2. The molecule has 2 rings (SSSR count). The molecule has 1 heterocycles. The molecule has 0 spiro atoms. The Bertz CT molecular complexity index is 603. The highest BCUT2D eigenvalue weighted by Crippen LogP contribution is 2.20. The minimum atomic E-state index is -0.521. The van der Waals surface area contributed by atoms with Crippen LogP contribution in [0.2, 0.25) is 0 Å². The largest absolute Gasteiger partial charge is 0.372 e. The Hall–Kier alpha value is -2.02. The second kappa shape index (κ2) is 5.75. The van der Waals surface area contributed by atoms with E-state index in [9.17, 15) is 9.18 Å². The van der Waals surface area contributed by atoms with E-state index in [1.165, 1.54) is 24.5 Å². The molecular formula is C12H10BrFN4O. The Morgan fingerprint density at radius 3 is 2.74 bits per heavy atom. The van der Waals surface area contributed by atoms with E-state index in [0.29, 0.717) is 10.3 Å². The molecule has 2 N–H and O–H groups in total. The Balaban J connectivity index is 2.18. The van der Waals surface area contributed by atoms with Crippen molar-refractivity contribution >= 4 is 33.3 Å². The number of carbonyl (C=O) groups is 1. The average molecular weight is 325 g/mol. The summed E-state index contributed by atoms with van der Waals surface area (Å²) in [4.78, 5) is 19.8. The third kappa shape index (κ3) is 3.25. The second-order valence-electron chi connectivity index (χ2n) is 3.62. The van der Waals surface area contributed by atoms with E-state index >= 15 is 0 Å².